The molecule has 0 aliphatic heterocycles. The number of amidine groups is 1. The minimum absolute atomic E-state index is 0.590. The first-order valence-electron chi connectivity index (χ1n) is 10.1. The lowest BCUT2D eigenvalue weighted by Gasteiger charge is -2.09. The van der Waals surface area contributed by atoms with E-state index in [2.05, 4.69) is 70.1 Å². The molecule has 4 heteroatoms. The van der Waals surface area contributed by atoms with Crippen LogP contribution in [0.25, 0.3) is 21.5 Å². The highest BCUT2D eigenvalue weighted by atomic mass is 15.3. The second-order valence-electron chi connectivity index (χ2n) is 7.11. The smallest absolute Gasteiger partial charge is 0.172 e. The Balaban J connectivity index is 1.56. The molecule has 0 spiro atoms. The number of rotatable bonds is 4. The highest BCUT2D eigenvalue weighted by Gasteiger charge is 2.07. The summed E-state index contributed by atoms with van der Waals surface area (Å²) in [5.41, 5.74) is 5.75. The van der Waals surface area contributed by atoms with Gasteiger partial charge in [-0.3, -0.25) is 10.4 Å². The number of hydrogen-bond acceptors (Lipinski definition) is 3. The Labute approximate surface area is 180 Å². The van der Waals surface area contributed by atoms with E-state index in [9.17, 15) is 0 Å². The fourth-order valence-electron chi connectivity index (χ4n) is 3.62. The summed E-state index contributed by atoms with van der Waals surface area (Å²) in [7, 11) is 0. The monoisotopic (exact) mass is 400 g/mol. The van der Waals surface area contributed by atoms with Crippen molar-refractivity contribution in [1.29, 1.82) is 0 Å². The molecule has 4 aromatic carbocycles. The topological polar surface area (TPSA) is 49.6 Å². The van der Waals surface area contributed by atoms with E-state index in [1.54, 1.807) is 6.20 Å². The third-order valence-corrected chi connectivity index (χ3v) is 5.08. The van der Waals surface area contributed by atoms with Crippen LogP contribution in [0.4, 0.5) is 5.69 Å². The summed E-state index contributed by atoms with van der Waals surface area (Å²) in [6.07, 6.45) is 3.62. The maximum atomic E-state index is 4.71. The number of aliphatic imine (C=N–C) groups is 1. The molecule has 0 fully saturated rings. The predicted octanol–water partition coefficient (Wildman–Crippen LogP) is 6.09. The van der Waals surface area contributed by atoms with E-state index in [0.29, 0.717) is 5.84 Å². The molecule has 4 nitrogen and oxygen atoms in total. The molecular weight excluding hydrogens is 380 g/mol. The van der Waals surface area contributed by atoms with Crippen molar-refractivity contribution in [3.63, 3.8) is 0 Å². The van der Waals surface area contributed by atoms with Crippen molar-refractivity contribution >= 4 is 39.3 Å². The fraction of sp³-hybridized carbons (Fsp3) is 0. The van der Waals surface area contributed by atoms with Gasteiger partial charge in [-0.05, 0) is 51.9 Å². The van der Waals surface area contributed by atoms with Gasteiger partial charge in [0.15, 0.2) is 5.84 Å². The molecule has 5 rings (SSSR count). The van der Waals surface area contributed by atoms with Gasteiger partial charge < -0.3 is 0 Å². The third-order valence-electron chi connectivity index (χ3n) is 5.08. The summed E-state index contributed by atoms with van der Waals surface area (Å²) in [5, 5.41) is 9.26. The van der Waals surface area contributed by atoms with Crippen LogP contribution in [0.1, 0.15) is 11.3 Å². The maximum Gasteiger partial charge on any atom is 0.172 e. The SMILES string of the molecule is C(=NNC(=Nc1ccccc1)c1ccccn1)c1c2ccccc2cc2ccccc12. The van der Waals surface area contributed by atoms with Gasteiger partial charge in [-0.25, -0.2) is 4.99 Å². The van der Waals surface area contributed by atoms with Crippen molar-refractivity contribution in [1.82, 2.24) is 10.4 Å². The predicted molar refractivity (Wildman–Crippen MR) is 129 cm³/mol. The number of nitrogens with one attached hydrogen (secondary N) is 1. The number of para-hydroxylation sites is 1. The molecule has 0 saturated heterocycles. The number of aromatic nitrogens is 1. The van der Waals surface area contributed by atoms with E-state index >= 15 is 0 Å². The van der Waals surface area contributed by atoms with Gasteiger partial charge in [-0.2, -0.15) is 5.10 Å². The number of hydrazone groups is 1. The van der Waals surface area contributed by atoms with Gasteiger partial charge in [0.1, 0.15) is 5.69 Å². The molecule has 1 N–H and O–H groups in total. The quantitative estimate of drug-likeness (QED) is 0.172. The molecule has 31 heavy (non-hydrogen) atoms. The first-order valence-corrected chi connectivity index (χ1v) is 10.1. The molecular formula is C27H20N4. The average Bonchev–Trinajstić information content (AvgIpc) is 2.84. The van der Waals surface area contributed by atoms with Crippen LogP contribution in [0.5, 0.6) is 0 Å². The van der Waals surface area contributed by atoms with Crippen molar-refractivity contribution in [2.75, 3.05) is 0 Å². The van der Waals surface area contributed by atoms with Crippen LogP contribution in [0, 0.1) is 0 Å². The number of benzene rings is 4. The minimum Gasteiger partial charge on any atom is -0.260 e. The first-order chi connectivity index (χ1) is 15.4. The lowest BCUT2D eigenvalue weighted by atomic mass is 9.97. The zero-order valence-corrected chi connectivity index (χ0v) is 16.8. The molecule has 0 aliphatic rings. The molecule has 1 heterocycles. The maximum absolute atomic E-state index is 4.71. The summed E-state index contributed by atoms with van der Waals surface area (Å²) >= 11 is 0. The number of hydrogen-bond donors (Lipinski definition) is 1. The Kier molecular flexibility index (Phi) is 5.18. The summed E-state index contributed by atoms with van der Waals surface area (Å²) < 4.78 is 0. The number of nitrogens with zero attached hydrogens (tertiary/aromatic N) is 3. The second-order valence-corrected chi connectivity index (χ2v) is 7.11. The molecule has 0 unspecified atom stereocenters. The van der Waals surface area contributed by atoms with Crippen LogP contribution in [0.3, 0.4) is 0 Å². The first kappa shape index (κ1) is 18.7. The average molecular weight is 400 g/mol. The van der Waals surface area contributed by atoms with Crippen LogP contribution in [-0.4, -0.2) is 17.0 Å². The Morgan fingerprint density at radius 3 is 2.03 bits per heavy atom. The highest BCUT2D eigenvalue weighted by molar-refractivity contribution is 6.13. The van der Waals surface area contributed by atoms with Gasteiger partial charge in [0.05, 0.1) is 11.9 Å². The fourth-order valence-corrected chi connectivity index (χ4v) is 3.62. The van der Waals surface area contributed by atoms with E-state index < -0.39 is 0 Å². The second kappa shape index (κ2) is 8.59. The normalized spacial score (nSPS) is 11.9. The van der Waals surface area contributed by atoms with E-state index in [4.69, 9.17) is 4.99 Å². The van der Waals surface area contributed by atoms with Crippen molar-refractivity contribution < 1.29 is 0 Å². The lowest BCUT2D eigenvalue weighted by molar-refractivity contribution is 1.02. The highest BCUT2D eigenvalue weighted by Crippen LogP contribution is 2.27. The van der Waals surface area contributed by atoms with Gasteiger partial charge in [0.2, 0.25) is 0 Å². The van der Waals surface area contributed by atoms with Gasteiger partial charge >= 0.3 is 0 Å². The largest absolute Gasteiger partial charge is 0.260 e. The van der Waals surface area contributed by atoms with Gasteiger partial charge in [-0.1, -0.05) is 72.8 Å². The van der Waals surface area contributed by atoms with Crippen LogP contribution in [0.2, 0.25) is 0 Å². The Morgan fingerprint density at radius 1 is 0.710 bits per heavy atom. The standard InChI is InChI=1S/C27H20N4/c1-2-12-22(13-3-1)30-27(26-16-8-9-17-28-26)31-29-19-25-23-14-6-4-10-20(23)18-21-11-5-7-15-24(21)25/h1-19H,(H,30,31). The molecule has 0 saturated carbocycles. The number of fused-ring (bicyclic) bond motifs is 2. The van der Waals surface area contributed by atoms with Crippen molar-refractivity contribution in [2.45, 2.75) is 0 Å². The minimum atomic E-state index is 0.590. The molecule has 0 aliphatic carbocycles. The Bertz CT molecular complexity index is 1340. The zero-order valence-electron chi connectivity index (χ0n) is 16.8. The molecule has 148 valence electrons. The summed E-state index contributed by atoms with van der Waals surface area (Å²) in [6, 6.07) is 34.5. The van der Waals surface area contributed by atoms with Gasteiger partial charge in [0, 0.05) is 11.8 Å². The van der Waals surface area contributed by atoms with Gasteiger partial charge in [0.25, 0.3) is 0 Å². The van der Waals surface area contributed by atoms with E-state index in [1.807, 2.05) is 54.7 Å². The third kappa shape index (κ3) is 4.05. The molecule has 0 radical (unpaired) electrons. The van der Waals surface area contributed by atoms with Gasteiger partial charge in [-0.15, -0.1) is 0 Å². The number of pyridine rings is 1. The lowest BCUT2D eigenvalue weighted by Crippen LogP contribution is -2.20. The van der Waals surface area contributed by atoms with Crippen molar-refractivity contribution in [2.24, 2.45) is 10.1 Å². The molecule has 5 aromatic rings. The Morgan fingerprint density at radius 2 is 1.35 bits per heavy atom. The van der Waals surface area contributed by atoms with Crippen LogP contribution in [-0.2, 0) is 0 Å². The molecule has 0 amide bonds. The van der Waals surface area contributed by atoms with E-state index in [1.165, 1.54) is 10.8 Å². The van der Waals surface area contributed by atoms with E-state index in [0.717, 1.165) is 27.7 Å². The van der Waals surface area contributed by atoms with Crippen molar-refractivity contribution in [3.8, 4) is 0 Å². The Hall–Kier alpha value is -4.31. The molecule has 0 bridgehead atoms. The molecule has 1 aromatic heterocycles. The summed E-state index contributed by atoms with van der Waals surface area (Å²) in [5.74, 6) is 0.590. The van der Waals surface area contributed by atoms with Crippen LogP contribution in [0.15, 0.2) is 119 Å². The summed E-state index contributed by atoms with van der Waals surface area (Å²) in [4.78, 5) is 9.15. The zero-order chi connectivity index (χ0) is 20.9. The van der Waals surface area contributed by atoms with E-state index in [-0.39, 0.29) is 0 Å². The van der Waals surface area contributed by atoms with Crippen LogP contribution >= 0.6 is 0 Å². The molecule has 0 atom stereocenters. The van der Waals surface area contributed by atoms with Crippen LogP contribution < -0.4 is 5.43 Å². The summed E-state index contributed by atoms with van der Waals surface area (Å²) in [6.45, 7) is 0. The van der Waals surface area contributed by atoms with Crippen molar-refractivity contribution in [3.05, 3.63) is 121 Å².